The van der Waals surface area contributed by atoms with Gasteiger partial charge in [0, 0.05) is 30.3 Å². The van der Waals surface area contributed by atoms with Crippen LogP contribution in [0.5, 0.6) is 0 Å². The van der Waals surface area contributed by atoms with Gasteiger partial charge in [-0.2, -0.15) is 0 Å². The number of pyridine rings is 1. The predicted octanol–water partition coefficient (Wildman–Crippen LogP) is 4.40. The van der Waals surface area contributed by atoms with Crippen molar-refractivity contribution in [2.24, 2.45) is 5.92 Å². The number of nitrogens with one attached hydrogen (secondary N) is 1. The molecule has 2 heterocycles. The lowest BCUT2D eigenvalue weighted by atomic mass is 9.69. The van der Waals surface area contributed by atoms with Gasteiger partial charge in [-0.05, 0) is 66.1 Å². The molecule has 0 saturated carbocycles. The largest absolute Gasteiger partial charge is 0.296 e. The minimum absolute atomic E-state index is 0.0705. The van der Waals surface area contributed by atoms with E-state index in [1.807, 2.05) is 36.4 Å². The number of halogens is 1. The fraction of sp³-hybridized carbons (Fsp3) is 0.259. The molecule has 1 N–H and O–H groups in total. The SMILES string of the molecule is O=C1CCC(CCC2Cc3ccc(F)cc3C2=O)(c2ccc(-c3cccnc3)cc2)C(=O)N1. The molecule has 2 unspecified atom stereocenters. The Morgan fingerprint density at radius 1 is 1.03 bits per heavy atom. The molecule has 5 nitrogen and oxygen atoms in total. The fourth-order valence-electron chi connectivity index (χ4n) is 5.11. The van der Waals surface area contributed by atoms with Gasteiger partial charge in [-0.25, -0.2) is 4.39 Å². The number of amides is 2. The molecule has 1 saturated heterocycles. The Morgan fingerprint density at radius 3 is 2.58 bits per heavy atom. The molecule has 0 bridgehead atoms. The molecule has 1 aliphatic heterocycles. The number of benzene rings is 2. The quantitative estimate of drug-likeness (QED) is 0.595. The molecule has 2 amide bonds. The van der Waals surface area contributed by atoms with Crippen molar-refractivity contribution in [3.63, 3.8) is 0 Å². The summed E-state index contributed by atoms with van der Waals surface area (Å²) in [5.41, 5.74) is 3.19. The molecule has 1 aliphatic carbocycles. The number of ketones is 1. The average molecular weight is 442 g/mol. The Balaban J connectivity index is 1.41. The first-order valence-electron chi connectivity index (χ1n) is 11.1. The van der Waals surface area contributed by atoms with Crippen LogP contribution in [0.15, 0.2) is 67.0 Å². The van der Waals surface area contributed by atoms with Gasteiger partial charge >= 0.3 is 0 Å². The number of aromatic nitrogens is 1. The molecule has 6 heteroatoms. The van der Waals surface area contributed by atoms with Crippen LogP contribution in [0.2, 0.25) is 0 Å². The smallest absolute Gasteiger partial charge is 0.237 e. The number of fused-ring (bicyclic) bond motifs is 1. The van der Waals surface area contributed by atoms with Gasteiger partial charge in [0.1, 0.15) is 5.82 Å². The van der Waals surface area contributed by atoms with Crippen molar-refractivity contribution in [2.75, 3.05) is 0 Å². The van der Waals surface area contributed by atoms with Crippen LogP contribution in [-0.4, -0.2) is 22.6 Å². The number of carbonyl (C=O) groups excluding carboxylic acids is 3. The van der Waals surface area contributed by atoms with Crippen molar-refractivity contribution >= 4 is 17.6 Å². The maximum Gasteiger partial charge on any atom is 0.237 e. The van der Waals surface area contributed by atoms with Crippen LogP contribution in [0.25, 0.3) is 11.1 Å². The second-order valence-electron chi connectivity index (χ2n) is 8.88. The van der Waals surface area contributed by atoms with E-state index in [9.17, 15) is 18.8 Å². The van der Waals surface area contributed by atoms with Gasteiger partial charge < -0.3 is 0 Å². The van der Waals surface area contributed by atoms with Gasteiger partial charge in [0.25, 0.3) is 0 Å². The molecule has 33 heavy (non-hydrogen) atoms. The zero-order chi connectivity index (χ0) is 23.0. The van der Waals surface area contributed by atoms with Crippen LogP contribution in [0.1, 0.15) is 47.2 Å². The van der Waals surface area contributed by atoms with Gasteiger partial charge in [0.15, 0.2) is 5.78 Å². The van der Waals surface area contributed by atoms with E-state index < -0.39 is 11.2 Å². The average Bonchev–Trinajstić information content (AvgIpc) is 3.14. The number of imide groups is 1. The van der Waals surface area contributed by atoms with E-state index in [2.05, 4.69) is 10.3 Å². The monoisotopic (exact) mass is 442 g/mol. The van der Waals surface area contributed by atoms with Gasteiger partial charge in [-0.1, -0.05) is 36.4 Å². The maximum atomic E-state index is 13.6. The highest BCUT2D eigenvalue weighted by molar-refractivity contribution is 6.04. The summed E-state index contributed by atoms with van der Waals surface area (Å²) in [6, 6.07) is 16.0. The first kappa shape index (κ1) is 21.2. The van der Waals surface area contributed by atoms with Crippen molar-refractivity contribution in [2.45, 2.75) is 37.5 Å². The molecule has 0 radical (unpaired) electrons. The minimum atomic E-state index is -0.887. The number of rotatable bonds is 5. The topological polar surface area (TPSA) is 76.1 Å². The molecular formula is C27H23FN2O3. The van der Waals surface area contributed by atoms with Crippen LogP contribution < -0.4 is 5.32 Å². The second-order valence-corrected chi connectivity index (χ2v) is 8.88. The Morgan fingerprint density at radius 2 is 1.85 bits per heavy atom. The first-order chi connectivity index (χ1) is 16.0. The van der Waals surface area contributed by atoms with E-state index in [0.29, 0.717) is 31.2 Å². The summed E-state index contributed by atoms with van der Waals surface area (Å²) in [5, 5.41) is 2.50. The summed E-state index contributed by atoms with van der Waals surface area (Å²) in [7, 11) is 0. The van der Waals surface area contributed by atoms with E-state index in [-0.39, 0.29) is 29.9 Å². The van der Waals surface area contributed by atoms with Crippen LogP contribution in [-0.2, 0) is 21.4 Å². The van der Waals surface area contributed by atoms with Crippen LogP contribution in [0.4, 0.5) is 4.39 Å². The number of piperidine rings is 1. The first-order valence-corrected chi connectivity index (χ1v) is 11.1. The summed E-state index contributed by atoms with van der Waals surface area (Å²) >= 11 is 0. The highest BCUT2D eigenvalue weighted by Gasteiger charge is 2.45. The summed E-state index contributed by atoms with van der Waals surface area (Å²) in [6.07, 6.45) is 5.61. The lowest BCUT2D eigenvalue weighted by Crippen LogP contribution is -2.51. The molecule has 5 rings (SSSR count). The molecule has 166 valence electrons. The Hall–Kier alpha value is -3.67. The summed E-state index contributed by atoms with van der Waals surface area (Å²) in [5.74, 6) is -1.37. The summed E-state index contributed by atoms with van der Waals surface area (Å²) in [6.45, 7) is 0. The van der Waals surface area contributed by atoms with Crippen molar-refractivity contribution in [1.82, 2.24) is 10.3 Å². The molecule has 0 spiro atoms. The van der Waals surface area contributed by atoms with E-state index in [1.165, 1.54) is 12.1 Å². The van der Waals surface area contributed by atoms with E-state index >= 15 is 0 Å². The standard InChI is InChI=1S/C27H23FN2O3/c28-22-8-5-18-14-19(25(32)23(18)15-22)9-11-27(12-10-24(31)30-26(27)33)21-6-3-17(4-7-21)20-2-1-13-29-16-20/h1-8,13,15-16,19H,9-12,14H2,(H,30,31,33). The molecule has 1 aromatic heterocycles. The fourth-order valence-corrected chi connectivity index (χ4v) is 5.11. The van der Waals surface area contributed by atoms with Crippen molar-refractivity contribution in [1.29, 1.82) is 0 Å². The van der Waals surface area contributed by atoms with Crippen LogP contribution in [0, 0.1) is 11.7 Å². The number of carbonyl (C=O) groups is 3. The third-order valence-corrected chi connectivity index (χ3v) is 6.99. The van der Waals surface area contributed by atoms with Gasteiger partial charge in [-0.15, -0.1) is 0 Å². The van der Waals surface area contributed by atoms with Crippen LogP contribution in [0.3, 0.4) is 0 Å². The number of hydrogen-bond acceptors (Lipinski definition) is 4. The molecule has 2 aromatic carbocycles. The molecule has 1 fully saturated rings. The summed E-state index contributed by atoms with van der Waals surface area (Å²) < 4.78 is 13.6. The zero-order valence-corrected chi connectivity index (χ0v) is 18.0. The Bertz CT molecular complexity index is 1240. The lowest BCUT2D eigenvalue weighted by Gasteiger charge is -2.36. The zero-order valence-electron chi connectivity index (χ0n) is 18.0. The van der Waals surface area contributed by atoms with Gasteiger partial charge in [-0.3, -0.25) is 24.7 Å². The van der Waals surface area contributed by atoms with E-state index in [1.54, 1.807) is 18.5 Å². The number of nitrogens with zero attached hydrogens (tertiary/aromatic N) is 1. The predicted molar refractivity (Wildman–Crippen MR) is 121 cm³/mol. The summed E-state index contributed by atoms with van der Waals surface area (Å²) in [4.78, 5) is 42.1. The minimum Gasteiger partial charge on any atom is -0.296 e. The van der Waals surface area contributed by atoms with Crippen molar-refractivity contribution in [3.05, 3.63) is 89.5 Å². The highest BCUT2D eigenvalue weighted by Crippen LogP contribution is 2.41. The number of hydrogen-bond donors (Lipinski definition) is 1. The molecule has 2 aliphatic rings. The van der Waals surface area contributed by atoms with Crippen molar-refractivity contribution < 1.29 is 18.8 Å². The Labute approximate surface area is 191 Å². The Kier molecular flexibility index (Phi) is 5.36. The molecule has 2 atom stereocenters. The van der Waals surface area contributed by atoms with Gasteiger partial charge in [0.2, 0.25) is 11.8 Å². The normalized spacial score (nSPS) is 22.2. The van der Waals surface area contributed by atoms with Crippen molar-refractivity contribution in [3.8, 4) is 11.1 Å². The lowest BCUT2D eigenvalue weighted by molar-refractivity contribution is -0.138. The third-order valence-electron chi connectivity index (χ3n) is 6.99. The molecule has 3 aromatic rings. The number of Topliss-reactive ketones (excluding diaryl/α,β-unsaturated/α-hetero) is 1. The maximum absolute atomic E-state index is 13.6. The van der Waals surface area contributed by atoms with Crippen LogP contribution >= 0.6 is 0 Å². The third kappa shape index (κ3) is 3.86. The van der Waals surface area contributed by atoms with E-state index in [0.717, 1.165) is 22.3 Å². The molecular weight excluding hydrogens is 419 g/mol. The highest BCUT2D eigenvalue weighted by atomic mass is 19.1. The van der Waals surface area contributed by atoms with Gasteiger partial charge in [0.05, 0.1) is 5.41 Å². The second kappa shape index (κ2) is 8.35. The van der Waals surface area contributed by atoms with E-state index in [4.69, 9.17) is 0 Å².